The Morgan fingerprint density at radius 2 is 1.86 bits per heavy atom. The topological polar surface area (TPSA) is 42.4 Å². The molecule has 0 spiro atoms. The molecule has 0 bridgehead atoms. The Hall–Kier alpha value is -1.50. The molecule has 0 aliphatic heterocycles. The normalized spacial score (nSPS) is 13.0. The minimum Gasteiger partial charge on any atom is -0.405 e. The van der Waals surface area contributed by atoms with E-state index in [9.17, 15) is 18.3 Å². The van der Waals surface area contributed by atoms with E-state index < -0.39 is 18.2 Å². The zero-order valence-corrected chi connectivity index (χ0v) is 11.7. The summed E-state index contributed by atoms with van der Waals surface area (Å²) in [5.41, 5.74) is -0.120. The van der Waals surface area contributed by atoms with Crippen LogP contribution in [-0.2, 0) is 0 Å². The van der Waals surface area contributed by atoms with Crippen LogP contribution in [0.2, 0.25) is 10.0 Å². The number of aliphatic hydroxyl groups is 1. The highest BCUT2D eigenvalue weighted by Gasteiger charge is 2.33. The van der Waals surface area contributed by atoms with Gasteiger partial charge in [-0.15, -0.1) is 13.2 Å². The van der Waals surface area contributed by atoms with Crippen LogP contribution < -0.4 is 4.74 Å². The summed E-state index contributed by atoms with van der Waals surface area (Å²) >= 11 is 11.6. The fourth-order valence-corrected chi connectivity index (χ4v) is 2.18. The van der Waals surface area contributed by atoms with E-state index in [0.29, 0.717) is 0 Å². The molecule has 0 amide bonds. The number of para-hydroxylation sites is 1. The van der Waals surface area contributed by atoms with Gasteiger partial charge in [-0.2, -0.15) is 0 Å². The minimum absolute atomic E-state index is 0.0145. The molecule has 21 heavy (non-hydrogen) atoms. The van der Waals surface area contributed by atoms with Crippen molar-refractivity contribution >= 4 is 23.2 Å². The molecule has 0 saturated carbocycles. The van der Waals surface area contributed by atoms with Crippen molar-refractivity contribution in [3.63, 3.8) is 0 Å². The molecule has 1 N–H and O–H groups in total. The molecule has 0 aliphatic carbocycles. The lowest BCUT2D eigenvalue weighted by molar-refractivity contribution is -0.275. The Kier molecular flexibility index (Phi) is 4.61. The number of benzene rings is 1. The van der Waals surface area contributed by atoms with Crippen molar-refractivity contribution in [3.05, 3.63) is 57.8 Å². The van der Waals surface area contributed by atoms with Gasteiger partial charge < -0.3 is 9.84 Å². The molecular weight excluding hydrogens is 330 g/mol. The third-order valence-electron chi connectivity index (χ3n) is 2.53. The Bertz CT molecular complexity index is 650. The predicted octanol–water partition coefficient (Wildman–Crippen LogP) is 4.37. The first-order chi connectivity index (χ1) is 9.78. The first-order valence-electron chi connectivity index (χ1n) is 5.61. The molecule has 2 rings (SSSR count). The van der Waals surface area contributed by atoms with Crippen LogP contribution in [0.1, 0.15) is 17.4 Å². The van der Waals surface area contributed by atoms with Gasteiger partial charge in [-0.3, -0.25) is 4.98 Å². The Balaban J connectivity index is 2.41. The number of ether oxygens (including phenoxy) is 1. The van der Waals surface area contributed by atoms with Crippen LogP contribution in [0, 0.1) is 0 Å². The first kappa shape index (κ1) is 15.9. The van der Waals surface area contributed by atoms with Crippen molar-refractivity contribution in [2.24, 2.45) is 0 Å². The van der Waals surface area contributed by atoms with Crippen LogP contribution in [0.3, 0.4) is 0 Å². The SMILES string of the molecule is OC(c1ccccc1OC(F)(F)F)c1ncc(Cl)cc1Cl. The van der Waals surface area contributed by atoms with Crippen molar-refractivity contribution < 1.29 is 23.0 Å². The molecule has 1 unspecified atom stereocenters. The van der Waals surface area contributed by atoms with Gasteiger partial charge in [-0.05, 0) is 12.1 Å². The molecular formula is C13H8Cl2F3NO2. The van der Waals surface area contributed by atoms with Gasteiger partial charge in [-0.25, -0.2) is 0 Å². The van der Waals surface area contributed by atoms with E-state index in [0.717, 1.165) is 6.07 Å². The van der Waals surface area contributed by atoms with Crippen molar-refractivity contribution in [1.82, 2.24) is 4.98 Å². The maximum Gasteiger partial charge on any atom is 0.573 e. The van der Waals surface area contributed by atoms with Gasteiger partial charge in [-0.1, -0.05) is 41.4 Å². The number of halogens is 5. The fraction of sp³-hybridized carbons (Fsp3) is 0.154. The number of aliphatic hydroxyl groups excluding tert-OH is 1. The molecule has 112 valence electrons. The average molecular weight is 338 g/mol. The van der Waals surface area contributed by atoms with Crippen molar-refractivity contribution in [2.75, 3.05) is 0 Å². The van der Waals surface area contributed by atoms with Crippen molar-refractivity contribution in [2.45, 2.75) is 12.5 Å². The third kappa shape index (κ3) is 4.00. The minimum atomic E-state index is -4.87. The number of hydrogen-bond donors (Lipinski definition) is 1. The molecule has 0 aliphatic rings. The van der Waals surface area contributed by atoms with Gasteiger partial charge in [0.15, 0.2) is 0 Å². The highest BCUT2D eigenvalue weighted by atomic mass is 35.5. The van der Waals surface area contributed by atoms with Crippen LogP contribution >= 0.6 is 23.2 Å². The summed E-state index contributed by atoms with van der Waals surface area (Å²) in [6.45, 7) is 0. The van der Waals surface area contributed by atoms with Crippen LogP contribution in [0.4, 0.5) is 13.2 Å². The standard InChI is InChI=1S/C13H8Cl2F3NO2/c14-7-5-9(15)11(19-6-7)12(20)8-3-1-2-4-10(8)21-13(16,17)18/h1-6,12,20H. The van der Waals surface area contributed by atoms with E-state index in [1.807, 2.05) is 0 Å². The van der Waals surface area contributed by atoms with Gasteiger partial charge in [0.2, 0.25) is 0 Å². The molecule has 2 aromatic rings. The number of aromatic nitrogens is 1. The van der Waals surface area contributed by atoms with E-state index in [4.69, 9.17) is 23.2 Å². The fourth-order valence-electron chi connectivity index (χ4n) is 1.70. The summed E-state index contributed by atoms with van der Waals surface area (Å²) < 4.78 is 41.0. The second kappa shape index (κ2) is 6.09. The van der Waals surface area contributed by atoms with E-state index in [1.54, 1.807) is 0 Å². The highest BCUT2D eigenvalue weighted by Crippen LogP contribution is 2.35. The van der Waals surface area contributed by atoms with Gasteiger partial charge >= 0.3 is 6.36 Å². The lowest BCUT2D eigenvalue weighted by atomic mass is 10.0. The quantitative estimate of drug-likeness (QED) is 0.904. The van der Waals surface area contributed by atoms with Crippen LogP contribution in [-0.4, -0.2) is 16.5 Å². The smallest absolute Gasteiger partial charge is 0.405 e. The number of alkyl halides is 3. The highest BCUT2D eigenvalue weighted by molar-refractivity contribution is 6.34. The Morgan fingerprint density at radius 3 is 2.48 bits per heavy atom. The molecule has 8 heteroatoms. The second-order valence-corrected chi connectivity index (χ2v) is 4.85. The summed E-state index contributed by atoms with van der Waals surface area (Å²) in [6, 6.07) is 6.54. The van der Waals surface area contributed by atoms with Gasteiger partial charge in [0, 0.05) is 11.8 Å². The van der Waals surface area contributed by atoms with Crippen molar-refractivity contribution in [3.8, 4) is 5.75 Å². The number of hydrogen-bond acceptors (Lipinski definition) is 3. The second-order valence-electron chi connectivity index (χ2n) is 4.01. The Morgan fingerprint density at radius 1 is 1.19 bits per heavy atom. The molecule has 3 nitrogen and oxygen atoms in total. The lowest BCUT2D eigenvalue weighted by Gasteiger charge is -2.17. The molecule has 1 aromatic carbocycles. The van der Waals surface area contributed by atoms with Gasteiger partial charge in [0.1, 0.15) is 11.9 Å². The summed E-state index contributed by atoms with van der Waals surface area (Å²) in [5, 5.41) is 10.5. The molecule has 1 aromatic heterocycles. The van der Waals surface area contributed by atoms with Gasteiger partial charge in [0.05, 0.1) is 15.7 Å². The predicted molar refractivity (Wildman–Crippen MR) is 71.4 cm³/mol. The zero-order chi connectivity index (χ0) is 15.6. The summed E-state index contributed by atoms with van der Waals surface area (Å²) in [6.07, 6.45) is -5.11. The van der Waals surface area contributed by atoms with E-state index in [-0.39, 0.29) is 21.3 Å². The maximum absolute atomic E-state index is 12.4. The van der Waals surface area contributed by atoms with E-state index in [2.05, 4.69) is 9.72 Å². The molecule has 0 saturated heterocycles. The lowest BCUT2D eigenvalue weighted by Crippen LogP contribution is -2.19. The summed E-state index contributed by atoms with van der Waals surface area (Å²) in [5.74, 6) is -0.523. The zero-order valence-electron chi connectivity index (χ0n) is 10.2. The largest absolute Gasteiger partial charge is 0.573 e. The van der Waals surface area contributed by atoms with E-state index in [1.165, 1.54) is 30.5 Å². The molecule has 0 radical (unpaired) electrons. The number of pyridine rings is 1. The van der Waals surface area contributed by atoms with Crippen LogP contribution in [0.25, 0.3) is 0 Å². The van der Waals surface area contributed by atoms with E-state index >= 15 is 0 Å². The number of nitrogens with zero attached hydrogens (tertiary/aromatic N) is 1. The van der Waals surface area contributed by atoms with Gasteiger partial charge in [0.25, 0.3) is 0 Å². The molecule has 1 heterocycles. The first-order valence-corrected chi connectivity index (χ1v) is 6.37. The monoisotopic (exact) mass is 337 g/mol. The third-order valence-corrected chi connectivity index (χ3v) is 3.04. The molecule has 1 atom stereocenters. The Labute approximate surface area is 127 Å². The summed E-state index contributed by atoms with van der Waals surface area (Å²) in [7, 11) is 0. The molecule has 0 fully saturated rings. The number of rotatable bonds is 3. The van der Waals surface area contributed by atoms with Crippen LogP contribution in [0.15, 0.2) is 36.5 Å². The summed E-state index contributed by atoms with van der Waals surface area (Å²) in [4.78, 5) is 3.84. The average Bonchev–Trinajstić information content (AvgIpc) is 2.36. The van der Waals surface area contributed by atoms with Crippen LogP contribution in [0.5, 0.6) is 5.75 Å². The maximum atomic E-state index is 12.4. The van der Waals surface area contributed by atoms with Crippen molar-refractivity contribution in [1.29, 1.82) is 0 Å².